The van der Waals surface area contributed by atoms with E-state index in [0.29, 0.717) is 39.4 Å². The van der Waals surface area contributed by atoms with E-state index in [4.69, 9.17) is 4.42 Å². The minimum atomic E-state index is -3.31. The largest absolute Gasteiger partial charge is 0.463 e. The second kappa shape index (κ2) is 6.85. The number of nitrogens with zero attached hydrogens (tertiary/aromatic N) is 3. The molecule has 9 heteroatoms. The van der Waals surface area contributed by atoms with Gasteiger partial charge in [-0.3, -0.25) is 9.48 Å². The first-order chi connectivity index (χ1) is 13.7. The molecule has 29 heavy (non-hydrogen) atoms. The van der Waals surface area contributed by atoms with Gasteiger partial charge in [-0.2, -0.15) is 5.10 Å². The zero-order chi connectivity index (χ0) is 20.8. The summed E-state index contributed by atoms with van der Waals surface area (Å²) in [6, 6.07) is 11.2. The molecule has 3 aromatic heterocycles. The van der Waals surface area contributed by atoms with Crippen LogP contribution in [0.3, 0.4) is 0 Å². The van der Waals surface area contributed by atoms with Gasteiger partial charge in [0.05, 0.1) is 27.8 Å². The molecule has 1 aromatic carbocycles. The van der Waals surface area contributed by atoms with Crippen LogP contribution in [-0.4, -0.2) is 35.3 Å². The Balaban J connectivity index is 1.77. The van der Waals surface area contributed by atoms with E-state index in [0.717, 1.165) is 6.26 Å². The molecule has 0 bridgehead atoms. The molecule has 4 aromatic rings. The van der Waals surface area contributed by atoms with Crippen LogP contribution in [0.4, 0.5) is 5.69 Å². The number of hydrogen-bond acceptors (Lipinski definition) is 6. The van der Waals surface area contributed by atoms with E-state index >= 15 is 0 Å². The second-order valence-electron chi connectivity index (χ2n) is 6.69. The smallest absolute Gasteiger partial charge is 0.256 e. The summed E-state index contributed by atoms with van der Waals surface area (Å²) in [6.45, 7) is 1.81. The SMILES string of the molecule is Cc1nn(C)c2nc(-c3ccco3)cc(C(=O)Nc3ccc(S(C)(=O)=O)cc3)c12. The van der Waals surface area contributed by atoms with Gasteiger partial charge in [0.2, 0.25) is 0 Å². The minimum absolute atomic E-state index is 0.185. The Hall–Kier alpha value is -3.46. The average molecular weight is 410 g/mol. The lowest BCUT2D eigenvalue weighted by atomic mass is 10.1. The normalized spacial score (nSPS) is 11.7. The minimum Gasteiger partial charge on any atom is -0.463 e. The molecule has 148 valence electrons. The van der Waals surface area contributed by atoms with Crippen LogP contribution in [0.2, 0.25) is 0 Å². The summed E-state index contributed by atoms with van der Waals surface area (Å²) in [5.74, 6) is 0.186. The molecule has 8 nitrogen and oxygen atoms in total. The first-order valence-corrected chi connectivity index (χ1v) is 10.6. The molecule has 1 amide bonds. The van der Waals surface area contributed by atoms with E-state index in [-0.39, 0.29) is 10.8 Å². The van der Waals surface area contributed by atoms with Crippen molar-refractivity contribution in [3.63, 3.8) is 0 Å². The van der Waals surface area contributed by atoms with Crippen LogP contribution in [0.15, 0.2) is 58.0 Å². The number of nitrogens with one attached hydrogen (secondary N) is 1. The quantitative estimate of drug-likeness (QED) is 0.554. The number of rotatable bonds is 4. The molecule has 0 radical (unpaired) electrons. The fourth-order valence-electron chi connectivity index (χ4n) is 3.16. The van der Waals surface area contributed by atoms with Crippen molar-refractivity contribution in [2.24, 2.45) is 7.05 Å². The van der Waals surface area contributed by atoms with Gasteiger partial charge in [0, 0.05) is 19.0 Å². The van der Waals surface area contributed by atoms with Crippen LogP contribution >= 0.6 is 0 Å². The van der Waals surface area contributed by atoms with Crippen molar-refractivity contribution in [1.82, 2.24) is 14.8 Å². The Labute approximate surface area is 167 Å². The Morgan fingerprint density at radius 3 is 2.52 bits per heavy atom. The van der Waals surface area contributed by atoms with Crippen molar-refractivity contribution < 1.29 is 17.6 Å². The first-order valence-electron chi connectivity index (χ1n) is 8.74. The number of benzene rings is 1. The molecule has 0 fully saturated rings. The standard InChI is InChI=1S/C20H18N4O4S/c1-12-18-15(20(25)21-13-6-8-14(9-7-13)29(3,26)27)11-16(17-5-4-10-28-17)22-19(18)24(2)23-12/h4-11H,1-3H3,(H,21,25). The molecule has 0 aliphatic rings. The highest BCUT2D eigenvalue weighted by Crippen LogP contribution is 2.28. The topological polar surface area (TPSA) is 107 Å². The number of carbonyl (C=O) groups excluding carboxylic acids is 1. The highest BCUT2D eigenvalue weighted by Gasteiger charge is 2.20. The maximum atomic E-state index is 13.1. The van der Waals surface area contributed by atoms with Gasteiger partial charge in [-0.05, 0) is 49.4 Å². The molecule has 4 rings (SSSR count). The Kier molecular flexibility index (Phi) is 4.46. The molecule has 0 unspecified atom stereocenters. The van der Waals surface area contributed by atoms with Crippen molar-refractivity contribution in [2.45, 2.75) is 11.8 Å². The van der Waals surface area contributed by atoms with Crippen LogP contribution in [0.25, 0.3) is 22.5 Å². The highest BCUT2D eigenvalue weighted by atomic mass is 32.2. The Bertz CT molecular complexity index is 1320. The van der Waals surface area contributed by atoms with Gasteiger partial charge in [-0.15, -0.1) is 0 Å². The third-order valence-electron chi connectivity index (χ3n) is 4.53. The maximum Gasteiger partial charge on any atom is 0.256 e. The predicted octanol–water partition coefficient (Wildman–Crippen LogP) is 3.19. The van der Waals surface area contributed by atoms with Crippen molar-refractivity contribution >= 4 is 32.5 Å². The number of aryl methyl sites for hydroxylation is 2. The van der Waals surface area contributed by atoms with Gasteiger partial charge in [0.1, 0.15) is 5.69 Å². The fourth-order valence-corrected chi connectivity index (χ4v) is 3.79. The number of anilines is 1. The van der Waals surface area contributed by atoms with Gasteiger partial charge < -0.3 is 9.73 Å². The van der Waals surface area contributed by atoms with Crippen LogP contribution in [0.1, 0.15) is 16.1 Å². The Morgan fingerprint density at radius 1 is 1.17 bits per heavy atom. The van der Waals surface area contributed by atoms with Crippen LogP contribution in [-0.2, 0) is 16.9 Å². The summed E-state index contributed by atoms with van der Waals surface area (Å²) in [5.41, 5.74) is 2.64. The number of amides is 1. The van der Waals surface area contributed by atoms with Crippen molar-refractivity contribution in [1.29, 1.82) is 0 Å². The van der Waals surface area contributed by atoms with E-state index in [9.17, 15) is 13.2 Å². The van der Waals surface area contributed by atoms with Crippen molar-refractivity contribution in [2.75, 3.05) is 11.6 Å². The van der Waals surface area contributed by atoms with E-state index in [1.807, 2.05) is 6.92 Å². The van der Waals surface area contributed by atoms with Gasteiger partial charge in [0.25, 0.3) is 5.91 Å². The summed E-state index contributed by atoms with van der Waals surface area (Å²) in [5, 5.41) is 7.83. The summed E-state index contributed by atoms with van der Waals surface area (Å²) < 4.78 is 30.3. The van der Waals surface area contributed by atoms with Crippen molar-refractivity contribution in [3.8, 4) is 11.5 Å². The fraction of sp³-hybridized carbons (Fsp3) is 0.150. The predicted molar refractivity (Wildman–Crippen MR) is 108 cm³/mol. The lowest BCUT2D eigenvalue weighted by Gasteiger charge is -2.09. The monoisotopic (exact) mass is 410 g/mol. The number of carbonyl (C=O) groups is 1. The average Bonchev–Trinajstić information content (AvgIpc) is 3.30. The molecule has 3 heterocycles. The number of furan rings is 1. The second-order valence-corrected chi connectivity index (χ2v) is 8.71. The van der Waals surface area contributed by atoms with E-state index in [1.165, 1.54) is 12.1 Å². The molecule has 0 aliphatic heterocycles. The highest BCUT2D eigenvalue weighted by molar-refractivity contribution is 7.90. The molecule has 1 N–H and O–H groups in total. The summed E-state index contributed by atoms with van der Waals surface area (Å²) in [6.07, 6.45) is 2.68. The Morgan fingerprint density at radius 2 is 1.90 bits per heavy atom. The van der Waals surface area contributed by atoms with Gasteiger partial charge >= 0.3 is 0 Å². The molecule has 0 saturated carbocycles. The molecule has 0 aliphatic carbocycles. The lowest BCUT2D eigenvalue weighted by Crippen LogP contribution is -2.13. The van der Waals surface area contributed by atoms with Gasteiger partial charge in [-0.25, -0.2) is 13.4 Å². The third kappa shape index (κ3) is 3.52. The molecule has 0 spiro atoms. The van der Waals surface area contributed by atoms with E-state index in [1.54, 1.807) is 48.3 Å². The number of hydrogen-bond donors (Lipinski definition) is 1. The molecule has 0 atom stereocenters. The van der Waals surface area contributed by atoms with Gasteiger partial charge in [-0.1, -0.05) is 0 Å². The molecular formula is C20H18N4O4S. The number of pyridine rings is 1. The number of fused-ring (bicyclic) bond motifs is 1. The number of sulfone groups is 1. The van der Waals surface area contributed by atoms with E-state index < -0.39 is 9.84 Å². The van der Waals surface area contributed by atoms with Crippen LogP contribution < -0.4 is 5.32 Å². The van der Waals surface area contributed by atoms with E-state index in [2.05, 4.69) is 15.4 Å². The lowest BCUT2D eigenvalue weighted by molar-refractivity contribution is 0.102. The molecular weight excluding hydrogens is 392 g/mol. The number of aromatic nitrogens is 3. The molecule has 0 saturated heterocycles. The maximum absolute atomic E-state index is 13.1. The summed E-state index contributed by atoms with van der Waals surface area (Å²) >= 11 is 0. The summed E-state index contributed by atoms with van der Waals surface area (Å²) in [4.78, 5) is 17.8. The van der Waals surface area contributed by atoms with Crippen LogP contribution in [0.5, 0.6) is 0 Å². The third-order valence-corrected chi connectivity index (χ3v) is 5.66. The summed E-state index contributed by atoms with van der Waals surface area (Å²) in [7, 11) is -1.54. The zero-order valence-electron chi connectivity index (χ0n) is 16.0. The van der Waals surface area contributed by atoms with Crippen LogP contribution in [0, 0.1) is 6.92 Å². The van der Waals surface area contributed by atoms with Crippen molar-refractivity contribution in [3.05, 3.63) is 60.0 Å². The van der Waals surface area contributed by atoms with Gasteiger partial charge in [0.15, 0.2) is 21.2 Å². The zero-order valence-corrected chi connectivity index (χ0v) is 16.8. The first kappa shape index (κ1) is 18.9.